The van der Waals surface area contributed by atoms with Crippen molar-refractivity contribution in [2.24, 2.45) is 0 Å². The van der Waals surface area contributed by atoms with Crippen molar-refractivity contribution in [1.29, 1.82) is 0 Å². The van der Waals surface area contributed by atoms with Crippen molar-refractivity contribution in [2.45, 2.75) is 6.43 Å². The highest BCUT2D eigenvalue weighted by molar-refractivity contribution is 5.14. The van der Waals surface area contributed by atoms with Gasteiger partial charge in [0.15, 0.2) is 0 Å². The third-order valence-corrected chi connectivity index (χ3v) is 1.11. The summed E-state index contributed by atoms with van der Waals surface area (Å²) in [6.07, 6.45) is -2.38. The van der Waals surface area contributed by atoms with E-state index in [0.717, 1.165) is 6.20 Å². The Morgan fingerprint density at radius 3 is 2.27 bits per heavy atom. The molecule has 0 N–H and O–H groups in total. The fourth-order valence-corrected chi connectivity index (χ4v) is 0.620. The second kappa shape index (κ2) is 2.86. The zero-order valence-corrected chi connectivity index (χ0v) is 5.19. The number of alkyl halides is 2. The van der Waals surface area contributed by atoms with Gasteiger partial charge in [0.2, 0.25) is 5.95 Å². The molecule has 0 spiro atoms. The Hall–Kier alpha value is -1.13. The van der Waals surface area contributed by atoms with E-state index < -0.39 is 23.8 Å². The molecule has 1 nitrogen and oxygen atoms in total. The molecule has 0 aliphatic heterocycles. The summed E-state index contributed by atoms with van der Waals surface area (Å²) < 4.78 is 48.1. The average molecular weight is 165 g/mol. The third-order valence-electron chi connectivity index (χ3n) is 1.11. The first-order valence-electron chi connectivity index (χ1n) is 2.71. The van der Waals surface area contributed by atoms with Crippen LogP contribution in [-0.4, -0.2) is 4.98 Å². The molecule has 1 aromatic heterocycles. The lowest BCUT2D eigenvalue weighted by atomic mass is 10.3. The van der Waals surface area contributed by atoms with Gasteiger partial charge in [0.05, 0.1) is 0 Å². The first-order valence-corrected chi connectivity index (χ1v) is 2.71. The van der Waals surface area contributed by atoms with Crippen molar-refractivity contribution < 1.29 is 17.6 Å². The van der Waals surface area contributed by atoms with Gasteiger partial charge in [0.1, 0.15) is 11.4 Å². The average Bonchev–Trinajstić information content (AvgIpc) is 1.85. The summed E-state index contributed by atoms with van der Waals surface area (Å²) in [4.78, 5) is 2.87. The summed E-state index contributed by atoms with van der Waals surface area (Å²) in [6.45, 7) is 0. The monoisotopic (exact) mass is 165 g/mol. The van der Waals surface area contributed by atoms with Gasteiger partial charge in [-0.2, -0.15) is 4.39 Å². The maximum absolute atomic E-state index is 12.3. The standard InChI is InChI=1S/C6H3F4N/c7-3-1-2-11-6(10)4(3)5(8)9/h1-2,5H. The molecule has 0 aromatic carbocycles. The maximum atomic E-state index is 12.3. The van der Waals surface area contributed by atoms with E-state index >= 15 is 0 Å². The summed E-state index contributed by atoms with van der Waals surface area (Å²) in [5.41, 5.74) is -1.27. The molecule has 1 heterocycles. The molecule has 0 aliphatic rings. The molecule has 0 amide bonds. The largest absolute Gasteiger partial charge is 0.271 e. The Morgan fingerprint density at radius 2 is 1.91 bits per heavy atom. The van der Waals surface area contributed by atoms with Crippen LogP contribution in [0.15, 0.2) is 12.3 Å². The molecule has 0 saturated heterocycles. The maximum Gasteiger partial charge on any atom is 0.271 e. The van der Waals surface area contributed by atoms with Gasteiger partial charge in [-0.3, -0.25) is 0 Å². The van der Waals surface area contributed by atoms with E-state index in [-0.39, 0.29) is 0 Å². The molecule has 0 saturated carbocycles. The molecule has 0 aliphatic carbocycles. The van der Waals surface area contributed by atoms with Crippen LogP contribution in [0, 0.1) is 11.8 Å². The molecule has 1 aromatic rings. The Balaban J connectivity index is 3.21. The van der Waals surface area contributed by atoms with Crippen LogP contribution in [0.25, 0.3) is 0 Å². The predicted molar refractivity (Wildman–Crippen MR) is 29.1 cm³/mol. The quantitative estimate of drug-likeness (QED) is 0.459. The van der Waals surface area contributed by atoms with Gasteiger partial charge in [0.25, 0.3) is 6.43 Å². The molecular formula is C6H3F4N. The van der Waals surface area contributed by atoms with E-state index in [1.807, 2.05) is 0 Å². The molecule has 0 fully saturated rings. The second-order valence-electron chi connectivity index (χ2n) is 1.80. The van der Waals surface area contributed by atoms with Crippen LogP contribution in [0.1, 0.15) is 12.0 Å². The van der Waals surface area contributed by atoms with Crippen LogP contribution < -0.4 is 0 Å². The Morgan fingerprint density at radius 1 is 1.27 bits per heavy atom. The zero-order valence-electron chi connectivity index (χ0n) is 5.19. The van der Waals surface area contributed by atoms with Crippen molar-refractivity contribution >= 4 is 0 Å². The topological polar surface area (TPSA) is 12.9 Å². The Kier molecular flexibility index (Phi) is 2.07. The van der Waals surface area contributed by atoms with Crippen molar-refractivity contribution in [3.63, 3.8) is 0 Å². The molecule has 11 heavy (non-hydrogen) atoms. The first-order chi connectivity index (χ1) is 5.13. The minimum Gasteiger partial charge on any atom is -0.228 e. The van der Waals surface area contributed by atoms with Gasteiger partial charge in [-0.25, -0.2) is 18.2 Å². The van der Waals surface area contributed by atoms with Crippen LogP contribution in [0.2, 0.25) is 0 Å². The van der Waals surface area contributed by atoms with Gasteiger partial charge in [0, 0.05) is 6.20 Å². The number of aromatic nitrogens is 1. The van der Waals surface area contributed by atoms with E-state index in [1.165, 1.54) is 0 Å². The molecular weight excluding hydrogens is 162 g/mol. The SMILES string of the molecule is Fc1ccnc(F)c1C(F)F. The van der Waals surface area contributed by atoms with Crippen molar-refractivity contribution in [2.75, 3.05) is 0 Å². The summed E-state index contributed by atoms with van der Waals surface area (Å²) >= 11 is 0. The summed E-state index contributed by atoms with van der Waals surface area (Å²) in [6, 6.07) is 0.685. The molecule has 1 rings (SSSR count). The second-order valence-corrected chi connectivity index (χ2v) is 1.80. The smallest absolute Gasteiger partial charge is 0.228 e. The minimum absolute atomic E-state index is 0.685. The number of halogens is 4. The summed E-state index contributed by atoms with van der Waals surface area (Å²) in [5, 5.41) is 0. The Labute approximate surface area is 59.7 Å². The van der Waals surface area contributed by atoms with Gasteiger partial charge >= 0.3 is 0 Å². The molecule has 0 bridgehead atoms. The van der Waals surface area contributed by atoms with E-state index in [4.69, 9.17) is 0 Å². The number of hydrogen-bond acceptors (Lipinski definition) is 1. The molecule has 0 atom stereocenters. The summed E-state index contributed by atoms with van der Waals surface area (Å²) in [7, 11) is 0. The van der Waals surface area contributed by atoms with E-state index in [1.54, 1.807) is 0 Å². The minimum atomic E-state index is -3.16. The molecule has 0 unspecified atom stereocenters. The van der Waals surface area contributed by atoms with Crippen LogP contribution in [-0.2, 0) is 0 Å². The van der Waals surface area contributed by atoms with E-state index in [0.29, 0.717) is 6.07 Å². The Bertz CT molecular complexity index is 241. The highest BCUT2D eigenvalue weighted by atomic mass is 19.3. The van der Waals surface area contributed by atoms with Crippen LogP contribution in [0.5, 0.6) is 0 Å². The van der Waals surface area contributed by atoms with Gasteiger partial charge < -0.3 is 0 Å². The lowest BCUT2D eigenvalue weighted by Gasteiger charge is -2.00. The van der Waals surface area contributed by atoms with E-state index in [9.17, 15) is 17.6 Å². The number of pyridine rings is 1. The lowest BCUT2D eigenvalue weighted by molar-refractivity contribution is 0.139. The van der Waals surface area contributed by atoms with Gasteiger partial charge in [-0.05, 0) is 6.07 Å². The van der Waals surface area contributed by atoms with E-state index in [2.05, 4.69) is 4.98 Å². The highest BCUT2D eigenvalue weighted by Gasteiger charge is 2.18. The number of nitrogens with zero attached hydrogens (tertiary/aromatic N) is 1. The highest BCUT2D eigenvalue weighted by Crippen LogP contribution is 2.22. The first kappa shape index (κ1) is 7.97. The molecule has 5 heteroatoms. The van der Waals surface area contributed by atoms with Gasteiger partial charge in [-0.1, -0.05) is 0 Å². The molecule has 60 valence electrons. The molecule has 0 radical (unpaired) electrons. The fraction of sp³-hybridized carbons (Fsp3) is 0.167. The normalized spacial score (nSPS) is 10.6. The van der Waals surface area contributed by atoms with Crippen LogP contribution in [0.3, 0.4) is 0 Å². The fourth-order valence-electron chi connectivity index (χ4n) is 0.620. The van der Waals surface area contributed by atoms with Crippen molar-refractivity contribution in [3.8, 4) is 0 Å². The van der Waals surface area contributed by atoms with Crippen molar-refractivity contribution in [1.82, 2.24) is 4.98 Å². The van der Waals surface area contributed by atoms with Gasteiger partial charge in [-0.15, -0.1) is 0 Å². The number of hydrogen-bond donors (Lipinski definition) is 0. The van der Waals surface area contributed by atoms with Crippen molar-refractivity contribution in [3.05, 3.63) is 29.6 Å². The summed E-state index contributed by atoms with van der Waals surface area (Å²) in [5.74, 6) is -2.73. The number of rotatable bonds is 1. The third kappa shape index (κ3) is 1.47. The lowest BCUT2D eigenvalue weighted by Crippen LogP contribution is -1.97. The van der Waals surface area contributed by atoms with Crippen LogP contribution >= 0.6 is 0 Å². The van der Waals surface area contributed by atoms with Crippen LogP contribution in [0.4, 0.5) is 17.6 Å². The predicted octanol–water partition coefficient (Wildman–Crippen LogP) is 2.30. The zero-order chi connectivity index (χ0) is 8.43.